The maximum atomic E-state index is 12.6. The normalized spacial score (nSPS) is 12.1. The number of hydrogen-bond acceptors (Lipinski definition) is 6. The van der Waals surface area contributed by atoms with Gasteiger partial charge < -0.3 is 14.2 Å². The van der Waals surface area contributed by atoms with E-state index in [1.807, 2.05) is 0 Å². The van der Waals surface area contributed by atoms with E-state index in [4.69, 9.17) is 14.2 Å². The number of allylic oxidation sites excluding steroid dienone is 4. The summed E-state index contributed by atoms with van der Waals surface area (Å²) in [6.07, 6.45) is 56.5. The lowest BCUT2D eigenvalue weighted by Gasteiger charge is -2.18. The minimum absolute atomic E-state index is 0.0674. The number of ether oxygens (including phenoxy) is 3. The van der Waals surface area contributed by atoms with Crippen molar-refractivity contribution in [2.45, 2.75) is 290 Å². The van der Waals surface area contributed by atoms with Crippen LogP contribution in [0.15, 0.2) is 24.3 Å². The topological polar surface area (TPSA) is 78.9 Å². The van der Waals surface area contributed by atoms with Crippen molar-refractivity contribution in [1.29, 1.82) is 0 Å². The Balaban J connectivity index is 3.94. The van der Waals surface area contributed by atoms with Crippen LogP contribution in [0, 0.1) is 0 Å². The van der Waals surface area contributed by atoms with Crippen molar-refractivity contribution in [3.8, 4) is 0 Å². The molecular formula is C54H100O6. The van der Waals surface area contributed by atoms with Crippen LogP contribution in [-0.2, 0) is 28.6 Å². The fourth-order valence-electron chi connectivity index (χ4n) is 7.71. The van der Waals surface area contributed by atoms with Crippen molar-refractivity contribution in [3.63, 3.8) is 0 Å². The third-order valence-electron chi connectivity index (χ3n) is 11.7. The first-order chi connectivity index (χ1) is 29.5. The number of hydrogen-bond donors (Lipinski definition) is 0. The molecule has 0 saturated heterocycles. The molecule has 0 aromatic rings. The van der Waals surface area contributed by atoms with Gasteiger partial charge in [-0.05, 0) is 51.4 Å². The Morgan fingerprint density at radius 2 is 0.600 bits per heavy atom. The molecule has 0 bridgehead atoms. The van der Waals surface area contributed by atoms with Gasteiger partial charge in [0.25, 0.3) is 0 Å². The van der Waals surface area contributed by atoms with E-state index in [2.05, 4.69) is 45.1 Å². The number of unbranched alkanes of at least 4 members (excludes halogenated alkanes) is 33. The van der Waals surface area contributed by atoms with E-state index in [-0.39, 0.29) is 31.1 Å². The Bertz CT molecular complexity index is 973. The second-order valence-corrected chi connectivity index (χ2v) is 17.8. The van der Waals surface area contributed by atoms with Gasteiger partial charge in [-0.2, -0.15) is 0 Å². The van der Waals surface area contributed by atoms with Crippen LogP contribution >= 0.6 is 0 Å². The van der Waals surface area contributed by atoms with E-state index >= 15 is 0 Å². The predicted molar refractivity (Wildman–Crippen MR) is 256 cm³/mol. The lowest BCUT2D eigenvalue weighted by Crippen LogP contribution is -2.30. The largest absolute Gasteiger partial charge is 0.462 e. The van der Waals surface area contributed by atoms with Crippen LogP contribution in [0.2, 0.25) is 0 Å². The van der Waals surface area contributed by atoms with Crippen LogP contribution in [0.3, 0.4) is 0 Å². The first-order valence-electron chi connectivity index (χ1n) is 26.3. The van der Waals surface area contributed by atoms with Crippen molar-refractivity contribution >= 4 is 17.9 Å². The molecule has 0 spiro atoms. The van der Waals surface area contributed by atoms with Crippen molar-refractivity contribution in [1.82, 2.24) is 0 Å². The van der Waals surface area contributed by atoms with E-state index < -0.39 is 6.10 Å². The highest BCUT2D eigenvalue weighted by Gasteiger charge is 2.19. The summed E-state index contributed by atoms with van der Waals surface area (Å²) in [6, 6.07) is 0. The molecular weight excluding hydrogens is 745 g/mol. The molecule has 60 heavy (non-hydrogen) atoms. The van der Waals surface area contributed by atoms with Crippen LogP contribution < -0.4 is 0 Å². The van der Waals surface area contributed by atoms with Gasteiger partial charge in [0.15, 0.2) is 6.10 Å². The molecule has 6 nitrogen and oxygen atoms in total. The minimum Gasteiger partial charge on any atom is -0.462 e. The lowest BCUT2D eigenvalue weighted by atomic mass is 10.0. The summed E-state index contributed by atoms with van der Waals surface area (Å²) >= 11 is 0. The number of carbonyl (C=O) groups is 3. The summed E-state index contributed by atoms with van der Waals surface area (Å²) in [5, 5.41) is 0. The van der Waals surface area contributed by atoms with Crippen molar-refractivity contribution < 1.29 is 28.6 Å². The average Bonchev–Trinajstić information content (AvgIpc) is 3.24. The molecule has 0 rings (SSSR count). The second kappa shape index (κ2) is 49.5. The molecule has 1 unspecified atom stereocenters. The zero-order valence-corrected chi connectivity index (χ0v) is 40.2. The van der Waals surface area contributed by atoms with Crippen LogP contribution in [0.5, 0.6) is 0 Å². The highest BCUT2D eigenvalue weighted by molar-refractivity contribution is 5.71. The predicted octanol–water partition coefficient (Wildman–Crippen LogP) is 17.2. The molecule has 352 valence electrons. The Morgan fingerprint density at radius 3 is 0.917 bits per heavy atom. The second-order valence-electron chi connectivity index (χ2n) is 17.8. The molecule has 0 aliphatic carbocycles. The summed E-state index contributed by atoms with van der Waals surface area (Å²) in [6.45, 7) is 6.55. The van der Waals surface area contributed by atoms with E-state index in [0.29, 0.717) is 19.3 Å². The summed E-state index contributed by atoms with van der Waals surface area (Å²) in [5.74, 6) is -0.873. The quantitative estimate of drug-likeness (QED) is 0.0263. The van der Waals surface area contributed by atoms with Gasteiger partial charge in [-0.25, -0.2) is 0 Å². The summed E-state index contributed by atoms with van der Waals surface area (Å²) < 4.78 is 16.6. The summed E-state index contributed by atoms with van der Waals surface area (Å²) in [7, 11) is 0. The third kappa shape index (κ3) is 46.9. The Kier molecular flexibility index (Phi) is 47.8. The fraction of sp³-hybridized carbons (Fsp3) is 0.870. The summed E-state index contributed by atoms with van der Waals surface area (Å²) in [5.41, 5.74) is 0. The summed E-state index contributed by atoms with van der Waals surface area (Å²) in [4.78, 5) is 37.5. The Labute approximate surface area is 373 Å². The van der Waals surface area contributed by atoms with Gasteiger partial charge in [0.05, 0.1) is 0 Å². The average molecular weight is 845 g/mol. The van der Waals surface area contributed by atoms with Crippen molar-refractivity contribution in [2.24, 2.45) is 0 Å². The van der Waals surface area contributed by atoms with Gasteiger partial charge >= 0.3 is 17.9 Å². The van der Waals surface area contributed by atoms with E-state index in [9.17, 15) is 14.4 Å². The zero-order valence-electron chi connectivity index (χ0n) is 40.2. The van der Waals surface area contributed by atoms with Crippen LogP contribution in [0.25, 0.3) is 0 Å². The maximum Gasteiger partial charge on any atom is 0.306 e. The Hall–Kier alpha value is -2.11. The number of rotatable bonds is 48. The van der Waals surface area contributed by atoms with Crippen molar-refractivity contribution in [3.05, 3.63) is 24.3 Å². The van der Waals surface area contributed by atoms with Crippen LogP contribution in [0.1, 0.15) is 284 Å². The van der Waals surface area contributed by atoms with E-state index in [1.54, 1.807) is 0 Å². The lowest BCUT2D eigenvalue weighted by molar-refractivity contribution is -0.167. The Morgan fingerprint density at radius 1 is 0.333 bits per heavy atom. The highest BCUT2D eigenvalue weighted by atomic mass is 16.6. The van der Waals surface area contributed by atoms with E-state index in [1.165, 1.54) is 173 Å². The minimum atomic E-state index is -0.761. The molecule has 0 aliphatic rings. The molecule has 0 aromatic heterocycles. The van der Waals surface area contributed by atoms with Gasteiger partial charge in [0.2, 0.25) is 0 Å². The van der Waals surface area contributed by atoms with Gasteiger partial charge in [-0.15, -0.1) is 0 Å². The zero-order chi connectivity index (χ0) is 43.7. The number of carbonyl (C=O) groups excluding carboxylic acids is 3. The first-order valence-corrected chi connectivity index (χ1v) is 26.3. The molecule has 0 fully saturated rings. The molecule has 0 amide bonds. The third-order valence-corrected chi connectivity index (χ3v) is 11.7. The first kappa shape index (κ1) is 57.9. The SMILES string of the molecule is CCCCCCC/C=C\C/C=C\CCCCCCCCCCCCCCCCCC(=O)OCC(COC(=O)CCCCCCC)OC(=O)CCCCCCCCCCCC. The van der Waals surface area contributed by atoms with Crippen LogP contribution in [-0.4, -0.2) is 37.2 Å². The highest BCUT2D eigenvalue weighted by Crippen LogP contribution is 2.16. The maximum absolute atomic E-state index is 12.6. The standard InChI is InChI=1S/C54H100O6/c1-4-7-10-13-15-17-19-20-21-22-23-24-25-26-27-28-29-30-31-32-33-34-35-37-38-41-44-47-53(56)59-50-51(49-58-52(55)46-43-40-12-9-6-3)60-54(57)48-45-42-39-36-18-16-14-11-8-5-2/h19-20,22-23,51H,4-18,21,24-50H2,1-3H3/b20-19-,23-22-. The monoisotopic (exact) mass is 845 g/mol. The molecule has 6 heteroatoms. The molecule has 0 saturated carbocycles. The molecule has 0 heterocycles. The number of esters is 3. The fourth-order valence-corrected chi connectivity index (χ4v) is 7.71. The molecule has 1 atom stereocenters. The van der Waals surface area contributed by atoms with E-state index in [0.717, 1.165) is 70.6 Å². The van der Waals surface area contributed by atoms with Crippen molar-refractivity contribution in [2.75, 3.05) is 13.2 Å². The molecule has 0 aliphatic heterocycles. The van der Waals surface area contributed by atoms with Crippen LogP contribution in [0.4, 0.5) is 0 Å². The molecule has 0 radical (unpaired) electrons. The van der Waals surface area contributed by atoms with Gasteiger partial charge in [0.1, 0.15) is 13.2 Å². The van der Waals surface area contributed by atoms with Gasteiger partial charge in [0, 0.05) is 19.3 Å². The van der Waals surface area contributed by atoms with Gasteiger partial charge in [-0.1, -0.05) is 238 Å². The molecule has 0 aromatic carbocycles. The molecule has 0 N–H and O–H groups in total. The van der Waals surface area contributed by atoms with Gasteiger partial charge in [-0.3, -0.25) is 14.4 Å². The smallest absolute Gasteiger partial charge is 0.306 e.